The molecule has 7 nitrogen and oxygen atoms in total. The standard InChI is InChI=1S/C20H17N3O4/c24-17-9-8-16(19(26)22-17)23-11-13-10-14(6-7-15(13)20(23)27)21-18(25)12-4-2-1-3-5-12/h1-7,10,16H,8-9,11H2,(H,21,25)(H,22,24,26)/t16-/m1/s1. The summed E-state index contributed by atoms with van der Waals surface area (Å²) in [4.78, 5) is 49.8. The maximum atomic E-state index is 12.7. The molecule has 136 valence electrons. The Balaban J connectivity index is 1.52. The second kappa shape index (κ2) is 6.68. The van der Waals surface area contributed by atoms with Crippen LogP contribution >= 0.6 is 0 Å². The number of fused-ring (bicyclic) bond motifs is 1. The van der Waals surface area contributed by atoms with E-state index in [-0.39, 0.29) is 30.7 Å². The normalized spacial score (nSPS) is 18.9. The van der Waals surface area contributed by atoms with Gasteiger partial charge in [-0.15, -0.1) is 0 Å². The van der Waals surface area contributed by atoms with Gasteiger partial charge in [0, 0.05) is 29.8 Å². The summed E-state index contributed by atoms with van der Waals surface area (Å²) < 4.78 is 0. The molecular formula is C20H17N3O4. The summed E-state index contributed by atoms with van der Waals surface area (Å²) in [6, 6.07) is 13.3. The van der Waals surface area contributed by atoms with Crippen molar-refractivity contribution in [3.05, 3.63) is 65.2 Å². The highest BCUT2D eigenvalue weighted by atomic mass is 16.2. The van der Waals surface area contributed by atoms with Crippen molar-refractivity contribution in [3.63, 3.8) is 0 Å². The van der Waals surface area contributed by atoms with Crippen LogP contribution in [0.3, 0.4) is 0 Å². The molecule has 2 aliphatic heterocycles. The molecule has 0 spiro atoms. The van der Waals surface area contributed by atoms with Gasteiger partial charge in [0.05, 0.1) is 0 Å². The summed E-state index contributed by atoms with van der Waals surface area (Å²) in [5.41, 5.74) is 2.38. The summed E-state index contributed by atoms with van der Waals surface area (Å²) >= 11 is 0. The van der Waals surface area contributed by atoms with Crippen LogP contribution < -0.4 is 10.6 Å². The third-order valence-corrected chi connectivity index (χ3v) is 4.82. The predicted octanol–water partition coefficient (Wildman–Crippen LogP) is 1.70. The third kappa shape index (κ3) is 3.19. The molecule has 0 bridgehead atoms. The summed E-state index contributed by atoms with van der Waals surface area (Å²) in [5, 5.41) is 5.10. The lowest BCUT2D eigenvalue weighted by Gasteiger charge is -2.29. The van der Waals surface area contributed by atoms with E-state index in [2.05, 4.69) is 10.6 Å². The largest absolute Gasteiger partial charge is 0.322 e. The lowest BCUT2D eigenvalue weighted by atomic mass is 10.0. The SMILES string of the molecule is O=C1CC[C@@H](N2Cc3cc(NC(=O)c4ccccc4)ccc3C2=O)C(=O)N1. The van der Waals surface area contributed by atoms with Crippen LogP contribution in [0.4, 0.5) is 5.69 Å². The lowest BCUT2D eigenvalue weighted by Crippen LogP contribution is -2.52. The van der Waals surface area contributed by atoms with Gasteiger partial charge in [-0.1, -0.05) is 18.2 Å². The molecule has 4 rings (SSSR count). The minimum absolute atomic E-state index is 0.217. The molecule has 0 unspecified atom stereocenters. The van der Waals surface area contributed by atoms with Crippen LogP contribution in [0.5, 0.6) is 0 Å². The first-order valence-electron chi connectivity index (χ1n) is 8.67. The van der Waals surface area contributed by atoms with E-state index in [1.54, 1.807) is 42.5 Å². The Morgan fingerprint density at radius 1 is 1.07 bits per heavy atom. The molecule has 4 amide bonds. The molecule has 1 atom stereocenters. The molecular weight excluding hydrogens is 346 g/mol. The highest BCUT2D eigenvalue weighted by Gasteiger charge is 2.39. The van der Waals surface area contributed by atoms with Crippen molar-refractivity contribution in [1.29, 1.82) is 0 Å². The molecule has 0 saturated carbocycles. The number of carbonyl (C=O) groups is 4. The number of anilines is 1. The quantitative estimate of drug-likeness (QED) is 0.812. The first-order chi connectivity index (χ1) is 13.0. The average Bonchev–Trinajstić information content (AvgIpc) is 2.98. The van der Waals surface area contributed by atoms with Gasteiger partial charge in [0.2, 0.25) is 11.8 Å². The van der Waals surface area contributed by atoms with Gasteiger partial charge in [0.1, 0.15) is 6.04 Å². The molecule has 7 heteroatoms. The Labute approximate surface area is 155 Å². The highest BCUT2D eigenvalue weighted by molar-refractivity contribution is 6.07. The average molecular weight is 363 g/mol. The Kier molecular flexibility index (Phi) is 4.19. The molecule has 2 aliphatic rings. The monoisotopic (exact) mass is 363 g/mol. The topological polar surface area (TPSA) is 95.6 Å². The van der Waals surface area contributed by atoms with E-state index in [1.807, 2.05) is 6.07 Å². The van der Waals surface area contributed by atoms with E-state index in [1.165, 1.54) is 4.90 Å². The van der Waals surface area contributed by atoms with Crippen LogP contribution in [-0.2, 0) is 16.1 Å². The molecule has 1 saturated heterocycles. The van der Waals surface area contributed by atoms with Gasteiger partial charge in [0.25, 0.3) is 11.8 Å². The van der Waals surface area contributed by atoms with Crippen molar-refractivity contribution in [2.45, 2.75) is 25.4 Å². The van der Waals surface area contributed by atoms with Crippen molar-refractivity contribution in [3.8, 4) is 0 Å². The fourth-order valence-corrected chi connectivity index (χ4v) is 3.44. The number of hydrogen-bond donors (Lipinski definition) is 2. The van der Waals surface area contributed by atoms with Gasteiger partial charge >= 0.3 is 0 Å². The Morgan fingerprint density at radius 3 is 2.59 bits per heavy atom. The van der Waals surface area contributed by atoms with E-state index in [9.17, 15) is 19.2 Å². The minimum atomic E-state index is -0.648. The molecule has 2 heterocycles. The summed E-state index contributed by atoms with van der Waals surface area (Å²) in [6.45, 7) is 0.273. The van der Waals surface area contributed by atoms with E-state index in [0.29, 0.717) is 23.2 Å². The van der Waals surface area contributed by atoms with Crippen LogP contribution in [0.1, 0.15) is 39.1 Å². The zero-order valence-electron chi connectivity index (χ0n) is 14.4. The number of nitrogens with zero attached hydrogens (tertiary/aromatic N) is 1. The van der Waals surface area contributed by atoms with Crippen LogP contribution in [0.15, 0.2) is 48.5 Å². The fourth-order valence-electron chi connectivity index (χ4n) is 3.44. The maximum absolute atomic E-state index is 12.7. The second-order valence-electron chi connectivity index (χ2n) is 6.59. The summed E-state index contributed by atoms with van der Waals surface area (Å²) in [6.07, 6.45) is 0.539. The molecule has 2 aromatic carbocycles. The molecule has 27 heavy (non-hydrogen) atoms. The van der Waals surface area contributed by atoms with Gasteiger partial charge in [-0.05, 0) is 42.3 Å². The number of carbonyl (C=O) groups excluding carboxylic acids is 4. The molecule has 0 radical (unpaired) electrons. The van der Waals surface area contributed by atoms with E-state index >= 15 is 0 Å². The molecule has 0 aliphatic carbocycles. The van der Waals surface area contributed by atoms with Crippen molar-refractivity contribution in [2.75, 3.05) is 5.32 Å². The summed E-state index contributed by atoms with van der Waals surface area (Å²) in [5.74, 6) is -1.22. The molecule has 2 N–H and O–H groups in total. The van der Waals surface area contributed by atoms with Crippen molar-refractivity contribution < 1.29 is 19.2 Å². The van der Waals surface area contributed by atoms with Crippen molar-refractivity contribution >= 4 is 29.3 Å². The van der Waals surface area contributed by atoms with Crippen LogP contribution in [0.25, 0.3) is 0 Å². The van der Waals surface area contributed by atoms with Crippen molar-refractivity contribution in [1.82, 2.24) is 10.2 Å². The minimum Gasteiger partial charge on any atom is -0.322 e. The first kappa shape index (κ1) is 17.0. The number of piperidine rings is 1. The Hall–Kier alpha value is -3.48. The van der Waals surface area contributed by atoms with Gasteiger partial charge in [-0.3, -0.25) is 24.5 Å². The van der Waals surface area contributed by atoms with Crippen LogP contribution in [0, 0.1) is 0 Å². The zero-order chi connectivity index (χ0) is 19.0. The third-order valence-electron chi connectivity index (χ3n) is 4.82. The predicted molar refractivity (Wildman–Crippen MR) is 96.9 cm³/mol. The first-order valence-corrected chi connectivity index (χ1v) is 8.67. The zero-order valence-corrected chi connectivity index (χ0v) is 14.4. The fraction of sp³-hybridized carbons (Fsp3) is 0.200. The second-order valence-corrected chi connectivity index (χ2v) is 6.59. The number of hydrogen-bond acceptors (Lipinski definition) is 4. The smallest absolute Gasteiger partial charge is 0.255 e. The van der Waals surface area contributed by atoms with Crippen LogP contribution in [0.2, 0.25) is 0 Å². The van der Waals surface area contributed by atoms with E-state index < -0.39 is 11.9 Å². The maximum Gasteiger partial charge on any atom is 0.255 e. The number of amides is 4. The number of nitrogens with one attached hydrogen (secondary N) is 2. The number of imide groups is 1. The van der Waals surface area contributed by atoms with Gasteiger partial charge < -0.3 is 10.2 Å². The molecule has 2 aromatic rings. The van der Waals surface area contributed by atoms with E-state index in [0.717, 1.165) is 5.56 Å². The van der Waals surface area contributed by atoms with Crippen molar-refractivity contribution in [2.24, 2.45) is 0 Å². The molecule has 0 aromatic heterocycles. The van der Waals surface area contributed by atoms with Gasteiger partial charge in [-0.25, -0.2) is 0 Å². The number of rotatable bonds is 3. The number of benzene rings is 2. The highest BCUT2D eigenvalue weighted by Crippen LogP contribution is 2.29. The Morgan fingerprint density at radius 2 is 1.85 bits per heavy atom. The van der Waals surface area contributed by atoms with Gasteiger partial charge in [0.15, 0.2) is 0 Å². The molecule has 1 fully saturated rings. The summed E-state index contributed by atoms with van der Waals surface area (Å²) in [7, 11) is 0. The Bertz CT molecular complexity index is 955. The van der Waals surface area contributed by atoms with Gasteiger partial charge in [-0.2, -0.15) is 0 Å². The lowest BCUT2D eigenvalue weighted by molar-refractivity contribution is -0.136. The van der Waals surface area contributed by atoms with Crippen LogP contribution in [-0.4, -0.2) is 34.6 Å². The van der Waals surface area contributed by atoms with E-state index in [4.69, 9.17) is 0 Å².